The molecule has 9 heavy (non-hydrogen) atoms. The number of rotatable bonds is 0. The molecule has 6 nitrogen and oxygen atoms in total. The van der Waals surface area contributed by atoms with Crippen LogP contribution in [0.3, 0.4) is 0 Å². The molecule has 0 aromatic carbocycles. The van der Waals surface area contributed by atoms with E-state index in [0.717, 1.165) is 0 Å². The molecule has 1 radical (unpaired) electrons. The van der Waals surface area contributed by atoms with Gasteiger partial charge in [0.15, 0.2) is 0 Å². The SMILES string of the molecule is O.O.O.O.O.O.[Cl-].[Cl-].[Sc]. The van der Waals surface area contributed by atoms with Gasteiger partial charge in [0.2, 0.25) is 0 Å². The molecular formula is H12Cl2O6Sc-2. The Morgan fingerprint density at radius 3 is 0.333 bits per heavy atom. The first kappa shape index (κ1) is 591. The van der Waals surface area contributed by atoms with Gasteiger partial charge in [-0.3, -0.25) is 0 Å². The van der Waals surface area contributed by atoms with Crippen molar-refractivity contribution >= 4 is 0 Å². The van der Waals surface area contributed by atoms with Gasteiger partial charge in [-0.15, -0.1) is 0 Å². The van der Waals surface area contributed by atoms with Crippen molar-refractivity contribution in [2.75, 3.05) is 0 Å². The summed E-state index contributed by atoms with van der Waals surface area (Å²) in [6.07, 6.45) is 0. The van der Waals surface area contributed by atoms with Crippen LogP contribution in [0.5, 0.6) is 0 Å². The van der Waals surface area contributed by atoms with Crippen molar-refractivity contribution in [2.24, 2.45) is 0 Å². The molecular weight excluding hydrogens is 212 g/mol. The van der Waals surface area contributed by atoms with Crippen molar-refractivity contribution in [1.29, 1.82) is 0 Å². The molecule has 0 unspecified atom stereocenters. The molecule has 0 aromatic heterocycles. The Morgan fingerprint density at radius 1 is 0.333 bits per heavy atom. The molecule has 12 N–H and O–H groups in total. The minimum atomic E-state index is 0. The zero-order valence-corrected chi connectivity index (χ0v) is 7.65. The van der Waals surface area contributed by atoms with Gasteiger partial charge >= 0.3 is 0 Å². The average molecular weight is 224 g/mol. The quantitative estimate of drug-likeness (QED) is 0.377. The second-order valence-corrected chi connectivity index (χ2v) is 0. The van der Waals surface area contributed by atoms with Crippen molar-refractivity contribution in [1.82, 2.24) is 0 Å². The summed E-state index contributed by atoms with van der Waals surface area (Å²) >= 11 is 0. The summed E-state index contributed by atoms with van der Waals surface area (Å²) < 4.78 is 0. The van der Waals surface area contributed by atoms with Crippen LogP contribution < -0.4 is 24.8 Å². The maximum absolute atomic E-state index is 0. The molecule has 0 saturated carbocycles. The smallest absolute Gasteiger partial charge is 0 e. The number of hydrogen-bond acceptors (Lipinski definition) is 0. The fraction of sp³-hybridized carbons (Fsp3) is 0. The zero-order valence-electron chi connectivity index (χ0n) is 4.33. The summed E-state index contributed by atoms with van der Waals surface area (Å²) in [5.41, 5.74) is 0. The molecule has 0 aliphatic rings. The summed E-state index contributed by atoms with van der Waals surface area (Å²) in [5.74, 6) is 0. The second-order valence-electron chi connectivity index (χ2n) is 0. The minimum absolute atomic E-state index is 0. The van der Waals surface area contributed by atoms with Gasteiger partial charge in [-0.1, -0.05) is 0 Å². The fourth-order valence-electron chi connectivity index (χ4n) is 0. The van der Waals surface area contributed by atoms with Gasteiger partial charge in [0.05, 0.1) is 0 Å². The van der Waals surface area contributed by atoms with Crippen LogP contribution in [0.15, 0.2) is 0 Å². The van der Waals surface area contributed by atoms with E-state index in [0.29, 0.717) is 0 Å². The van der Waals surface area contributed by atoms with Crippen molar-refractivity contribution in [3.8, 4) is 0 Å². The van der Waals surface area contributed by atoms with Gasteiger partial charge in [-0.2, -0.15) is 0 Å². The van der Waals surface area contributed by atoms with E-state index in [1.807, 2.05) is 0 Å². The van der Waals surface area contributed by atoms with Crippen molar-refractivity contribution in [3.63, 3.8) is 0 Å². The Labute approximate surface area is 83.5 Å². The number of hydrogen-bond donors (Lipinski definition) is 0. The van der Waals surface area contributed by atoms with E-state index < -0.39 is 0 Å². The maximum atomic E-state index is 0. The van der Waals surface area contributed by atoms with Crippen LogP contribution in [-0.2, 0) is 25.8 Å². The standard InChI is InChI=1S/2ClH.6H2O.Sc/h2*1H;6*1H2;/p-2. The molecule has 0 atom stereocenters. The minimum Gasteiger partial charge on any atom is -1.00 e. The van der Waals surface area contributed by atoms with E-state index >= 15 is 0 Å². The molecule has 67 valence electrons. The summed E-state index contributed by atoms with van der Waals surface area (Å²) in [6.45, 7) is 0. The molecule has 0 aromatic rings. The Balaban J connectivity index is 0. The number of halogens is 2. The Morgan fingerprint density at radius 2 is 0.333 bits per heavy atom. The van der Waals surface area contributed by atoms with E-state index in [-0.39, 0.29) is 83.5 Å². The van der Waals surface area contributed by atoms with Crippen LogP contribution in [0.1, 0.15) is 0 Å². The third-order valence-corrected chi connectivity index (χ3v) is 0. The van der Waals surface area contributed by atoms with Crippen molar-refractivity contribution in [3.05, 3.63) is 0 Å². The molecule has 9 heteroatoms. The monoisotopic (exact) mass is 223 g/mol. The first-order valence-corrected chi connectivity index (χ1v) is 0. The van der Waals surface area contributed by atoms with Gasteiger partial charge < -0.3 is 57.7 Å². The normalized spacial score (nSPS) is 0. The van der Waals surface area contributed by atoms with Gasteiger partial charge in [0.25, 0.3) is 0 Å². The van der Waals surface area contributed by atoms with E-state index in [4.69, 9.17) is 0 Å². The molecule has 0 aliphatic carbocycles. The average Bonchev–Trinajstić information content (AvgIpc) is 0. The van der Waals surface area contributed by atoms with Gasteiger partial charge in [0, 0.05) is 25.8 Å². The zero-order chi connectivity index (χ0) is 0. The van der Waals surface area contributed by atoms with Crippen LogP contribution in [-0.4, -0.2) is 32.9 Å². The molecule has 0 saturated heterocycles. The molecule has 0 heterocycles. The largest absolute Gasteiger partial charge is 1.00 e. The third-order valence-electron chi connectivity index (χ3n) is 0. The van der Waals surface area contributed by atoms with E-state index in [9.17, 15) is 0 Å². The summed E-state index contributed by atoms with van der Waals surface area (Å²) in [6, 6.07) is 0. The van der Waals surface area contributed by atoms with Crippen LogP contribution in [0.25, 0.3) is 0 Å². The summed E-state index contributed by atoms with van der Waals surface area (Å²) in [7, 11) is 0. The Bertz CT molecular complexity index is 11.0. The molecule has 0 rings (SSSR count). The van der Waals surface area contributed by atoms with Crippen LogP contribution in [0.2, 0.25) is 0 Å². The summed E-state index contributed by atoms with van der Waals surface area (Å²) in [4.78, 5) is 0. The van der Waals surface area contributed by atoms with Crippen LogP contribution in [0.4, 0.5) is 0 Å². The van der Waals surface area contributed by atoms with E-state index in [2.05, 4.69) is 0 Å². The molecule has 0 amide bonds. The van der Waals surface area contributed by atoms with Crippen LogP contribution >= 0.6 is 0 Å². The van der Waals surface area contributed by atoms with E-state index in [1.165, 1.54) is 0 Å². The first-order chi connectivity index (χ1) is 0. The predicted octanol–water partition coefficient (Wildman–Crippen LogP) is -10.9. The second kappa shape index (κ2) is 424. The maximum Gasteiger partial charge on any atom is 0 e. The Kier molecular flexibility index (Phi) is 27900. The van der Waals surface area contributed by atoms with Crippen molar-refractivity contribution < 1.29 is 83.5 Å². The fourth-order valence-corrected chi connectivity index (χ4v) is 0. The van der Waals surface area contributed by atoms with Gasteiger partial charge in [-0.25, -0.2) is 0 Å². The molecule has 0 bridgehead atoms. The van der Waals surface area contributed by atoms with Gasteiger partial charge in [0.1, 0.15) is 0 Å². The van der Waals surface area contributed by atoms with E-state index in [1.54, 1.807) is 0 Å². The molecule has 0 fully saturated rings. The third kappa shape index (κ3) is 327. The topological polar surface area (TPSA) is 189 Å². The predicted molar refractivity (Wildman–Crippen MR) is 21.7 cm³/mol. The molecule has 0 spiro atoms. The van der Waals surface area contributed by atoms with Crippen molar-refractivity contribution in [2.45, 2.75) is 0 Å². The molecule has 0 aliphatic heterocycles. The summed E-state index contributed by atoms with van der Waals surface area (Å²) in [5, 5.41) is 0. The first-order valence-electron chi connectivity index (χ1n) is 0. The van der Waals surface area contributed by atoms with Gasteiger partial charge in [-0.05, 0) is 0 Å². The van der Waals surface area contributed by atoms with Crippen LogP contribution in [0, 0.1) is 0 Å². The Hall–Kier alpha value is 1.21.